The number of nitrogens with one attached hydrogen (secondary N) is 1. The quantitative estimate of drug-likeness (QED) is 0.662. The molecule has 5 nitrogen and oxygen atoms in total. The summed E-state index contributed by atoms with van der Waals surface area (Å²) in [5.41, 5.74) is 4.09. The summed E-state index contributed by atoms with van der Waals surface area (Å²) >= 11 is 0. The average Bonchev–Trinajstić information content (AvgIpc) is 2.67. The van der Waals surface area contributed by atoms with Crippen LogP contribution in [0.15, 0.2) is 48.5 Å². The molecule has 0 bridgehead atoms. The highest BCUT2D eigenvalue weighted by atomic mass is 16.5. The number of hydrogen-bond acceptors (Lipinski definition) is 4. The lowest BCUT2D eigenvalue weighted by Crippen LogP contribution is -2.22. The molecule has 28 heavy (non-hydrogen) atoms. The SMILES string of the molecule is COc1cc2ccccc2cc1C(=O)OCC(=O)Nc1c(C)cc(C)cc1C. The van der Waals surface area contributed by atoms with Gasteiger partial charge < -0.3 is 14.8 Å². The Morgan fingerprint density at radius 3 is 2.14 bits per heavy atom. The van der Waals surface area contributed by atoms with Gasteiger partial charge in [-0.1, -0.05) is 42.0 Å². The number of carbonyl (C=O) groups excluding carboxylic acids is 2. The van der Waals surface area contributed by atoms with Crippen LogP contribution in [0.1, 0.15) is 27.0 Å². The van der Waals surface area contributed by atoms with E-state index in [4.69, 9.17) is 9.47 Å². The maximum atomic E-state index is 12.5. The highest BCUT2D eigenvalue weighted by molar-refractivity contribution is 6.00. The number of rotatable bonds is 5. The van der Waals surface area contributed by atoms with Gasteiger partial charge in [0.05, 0.1) is 7.11 Å². The molecule has 3 aromatic rings. The Balaban J connectivity index is 1.72. The summed E-state index contributed by atoms with van der Waals surface area (Å²) in [7, 11) is 1.50. The van der Waals surface area contributed by atoms with E-state index in [0.29, 0.717) is 5.75 Å². The van der Waals surface area contributed by atoms with Gasteiger partial charge in [0.2, 0.25) is 0 Å². The first kappa shape index (κ1) is 19.4. The molecule has 0 atom stereocenters. The van der Waals surface area contributed by atoms with Gasteiger partial charge in [0, 0.05) is 5.69 Å². The Bertz CT molecular complexity index is 1030. The van der Waals surface area contributed by atoms with Crippen molar-refractivity contribution >= 4 is 28.3 Å². The Labute approximate surface area is 164 Å². The molecular weight excluding hydrogens is 354 g/mol. The van der Waals surface area contributed by atoms with Crippen molar-refractivity contribution in [3.63, 3.8) is 0 Å². The van der Waals surface area contributed by atoms with Gasteiger partial charge in [0.1, 0.15) is 11.3 Å². The normalized spacial score (nSPS) is 10.6. The van der Waals surface area contributed by atoms with Gasteiger partial charge in [-0.05, 0) is 54.8 Å². The molecule has 0 aromatic heterocycles. The van der Waals surface area contributed by atoms with Crippen molar-refractivity contribution in [2.24, 2.45) is 0 Å². The second-order valence-electron chi connectivity index (χ2n) is 6.80. The van der Waals surface area contributed by atoms with Crippen molar-refractivity contribution in [2.75, 3.05) is 19.0 Å². The van der Waals surface area contributed by atoms with Crippen molar-refractivity contribution in [2.45, 2.75) is 20.8 Å². The van der Waals surface area contributed by atoms with Gasteiger partial charge in [-0.3, -0.25) is 4.79 Å². The Hall–Kier alpha value is -3.34. The van der Waals surface area contributed by atoms with Crippen LogP contribution in [0.2, 0.25) is 0 Å². The van der Waals surface area contributed by atoms with Crippen LogP contribution < -0.4 is 10.1 Å². The molecule has 0 unspecified atom stereocenters. The predicted molar refractivity (Wildman–Crippen MR) is 110 cm³/mol. The van der Waals surface area contributed by atoms with Crippen LogP contribution in [-0.2, 0) is 9.53 Å². The summed E-state index contributed by atoms with van der Waals surface area (Å²) in [6.07, 6.45) is 0. The van der Waals surface area contributed by atoms with Gasteiger partial charge in [-0.2, -0.15) is 0 Å². The first-order chi connectivity index (χ1) is 13.4. The van der Waals surface area contributed by atoms with Crippen LogP contribution in [-0.4, -0.2) is 25.6 Å². The number of benzene rings is 3. The van der Waals surface area contributed by atoms with E-state index in [1.807, 2.05) is 57.2 Å². The molecule has 0 aliphatic rings. The van der Waals surface area contributed by atoms with E-state index in [-0.39, 0.29) is 18.1 Å². The molecule has 0 saturated carbocycles. The molecule has 0 aliphatic carbocycles. The van der Waals surface area contributed by atoms with E-state index in [2.05, 4.69) is 5.32 Å². The minimum absolute atomic E-state index is 0.289. The summed E-state index contributed by atoms with van der Waals surface area (Å²) < 4.78 is 10.5. The fourth-order valence-corrected chi connectivity index (χ4v) is 3.31. The zero-order valence-corrected chi connectivity index (χ0v) is 16.5. The van der Waals surface area contributed by atoms with Gasteiger partial charge in [-0.15, -0.1) is 0 Å². The number of methoxy groups -OCH3 is 1. The minimum atomic E-state index is -0.602. The zero-order valence-electron chi connectivity index (χ0n) is 16.5. The highest BCUT2D eigenvalue weighted by Gasteiger charge is 2.17. The number of esters is 1. The number of aryl methyl sites for hydroxylation is 3. The molecule has 0 heterocycles. The van der Waals surface area contributed by atoms with Crippen LogP contribution in [0.25, 0.3) is 10.8 Å². The number of hydrogen-bond donors (Lipinski definition) is 1. The molecule has 0 aliphatic heterocycles. The van der Waals surface area contributed by atoms with E-state index >= 15 is 0 Å². The van der Waals surface area contributed by atoms with Crippen molar-refractivity contribution in [3.8, 4) is 5.75 Å². The second-order valence-corrected chi connectivity index (χ2v) is 6.80. The molecule has 0 saturated heterocycles. The van der Waals surface area contributed by atoms with Crippen molar-refractivity contribution < 1.29 is 19.1 Å². The van der Waals surface area contributed by atoms with Crippen LogP contribution >= 0.6 is 0 Å². The minimum Gasteiger partial charge on any atom is -0.496 e. The van der Waals surface area contributed by atoms with E-state index in [0.717, 1.165) is 33.2 Å². The van der Waals surface area contributed by atoms with Crippen molar-refractivity contribution in [1.82, 2.24) is 0 Å². The molecule has 1 N–H and O–H groups in total. The summed E-state index contributed by atoms with van der Waals surface area (Å²) in [6, 6.07) is 15.1. The topological polar surface area (TPSA) is 64.6 Å². The van der Waals surface area contributed by atoms with Gasteiger partial charge in [0.25, 0.3) is 5.91 Å². The fraction of sp³-hybridized carbons (Fsp3) is 0.217. The Morgan fingerprint density at radius 1 is 0.929 bits per heavy atom. The Morgan fingerprint density at radius 2 is 1.54 bits per heavy atom. The average molecular weight is 377 g/mol. The van der Waals surface area contributed by atoms with Crippen LogP contribution in [0, 0.1) is 20.8 Å². The zero-order chi connectivity index (χ0) is 20.3. The third-order valence-electron chi connectivity index (χ3n) is 4.56. The molecule has 0 radical (unpaired) electrons. The van der Waals surface area contributed by atoms with Gasteiger partial charge >= 0.3 is 5.97 Å². The van der Waals surface area contributed by atoms with E-state index in [9.17, 15) is 9.59 Å². The largest absolute Gasteiger partial charge is 0.496 e. The lowest BCUT2D eigenvalue weighted by Gasteiger charge is -2.13. The Kier molecular flexibility index (Phi) is 5.64. The first-order valence-electron chi connectivity index (χ1n) is 9.00. The van der Waals surface area contributed by atoms with Crippen LogP contribution in [0.4, 0.5) is 5.69 Å². The third kappa shape index (κ3) is 4.14. The number of amides is 1. The molecule has 5 heteroatoms. The molecule has 3 aromatic carbocycles. The van der Waals surface area contributed by atoms with Gasteiger partial charge in [0.15, 0.2) is 6.61 Å². The van der Waals surface area contributed by atoms with E-state index in [1.54, 1.807) is 12.1 Å². The highest BCUT2D eigenvalue weighted by Crippen LogP contribution is 2.27. The molecule has 0 fully saturated rings. The summed E-state index contributed by atoms with van der Waals surface area (Å²) in [6.45, 7) is 5.50. The van der Waals surface area contributed by atoms with E-state index < -0.39 is 5.97 Å². The maximum Gasteiger partial charge on any atom is 0.342 e. The summed E-state index contributed by atoms with van der Waals surface area (Å²) in [4.78, 5) is 24.8. The number of ether oxygens (including phenoxy) is 2. The van der Waals surface area contributed by atoms with Crippen molar-refractivity contribution in [3.05, 3.63) is 70.8 Å². The predicted octanol–water partition coefficient (Wildman–Crippen LogP) is 4.57. The molecular formula is C23H23NO4. The molecule has 0 spiro atoms. The van der Waals surface area contributed by atoms with Gasteiger partial charge in [-0.25, -0.2) is 4.79 Å². The smallest absolute Gasteiger partial charge is 0.342 e. The summed E-state index contributed by atoms with van der Waals surface area (Å²) in [5.74, 6) is -0.576. The number of carbonyl (C=O) groups is 2. The van der Waals surface area contributed by atoms with Crippen molar-refractivity contribution in [1.29, 1.82) is 0 Å². The maximum absolute atomic E-state index is 12.5. The standard InChI is InChI=1S/C23H23NO4/c1-14-9-15(2)22(16(3)10-14)24-21(25)13-28-23(26)19-11-17-7-5-6-8-18(17)12-20(19)27-4/h5-12H,13H2,1-4H3,(H,24,25). The number of fused-ring (bicyclic) bond motifs is 1. The third-order valence-corrected chi connectivity index (χ3v) is 4.56. The summed E-state index contributed by atoms with van der Waals surface area (Å²) in [5, 5.41) is 4.67. The van der Waals surface area contributed by atoms with Crippen LogP contribution in [0.3, 0.4) is 0 Å². The molecule has 1 amide bonds. The lowest BCUT2D eigenvalue weighted by atomic mass is 10.1. The van der Waals surface area contributed by atoms with E-state index in [1.165, 1.54) is 7.11 Å². The molecule has 144 valence electrons. The fourth-order valence-electron chi connectivity index (χ4n) is 3.31. The van der Waals surface area contributed by atoms with Crippen LogP contribution in [0.5, 0.6) is 5.75 Å². The first-order valence-corrected chi connectivity index (χ1v) is 9.00. The number of anilines is 1. The second kappa shape index (κ2) is 8.13. The monoisotopic (exact) mass is 377 g/mol. The molecule has 3 rings (SSSR count). The lowest BCUT2D eigenvalue weighted by molar-refractivity contribution is -0.119.